The van der Waals surface area contributed by atoms with E-state index in [-0.39, 0.29) is 11.6 Å². The summed E-state index contributed by atoms with van der Waals surface area (Å²) in [7, 11) is 0. The van der Waals surface area contributed by atoms with Crippen LogP contribution < -0.4 is 0 Å². The highest BCUT2D eigenvalue weighted by Gasteiger charge is 2.59. The number of Topliss-reactive ketones (excluding diaryl/α,β-unsaturated/α-hetero) is 2. The summed E-state index contributed by atoms with van der Waals surface area (Å²) < 4.78 is 0. The number of rotatable bonds is 0. The number of carbonyl (C=O) groups excluding carboxylic acids is 2. The minimum atomic E-state index is -1.55. The maximum absolute atomic E-state index is 13.0. The zero-order chi connectivity index (χ0) is 15.6. The summed E-state index contributed by atoms with van der Waals surface area (Å²) in [5.41, 5.74) is 2.27. The van der Waals surface area contributed by atoms with E-state index in [2.05, 4.69) is 9.98 Å². The molecule has 5 rings (SSSR count). The smallest absolute Gasteiger partial charge is 0.228 e. The van der Waals surface area contributed by atoms with Crippen molar-refractivity contribution in [3.8, 4) is 0 Å². The molecule has 108 valence electrons. The lowest BCUT2D eigenvalue weighted by atomic mass is 9.81. The molecule has 2 heterocycles. The zero-order valence-corrected chi connectivity index (χ0v) is 12.0. The second kappa shape index (κ2) is 3.98. The number of carbonyl (C=O) groups is 2. The van der Waals surface area contributed by atoms with Gasteiger partial charge in [0.2, 0.25) is 17.1 Å². The number of benzene rings is 2. The number of hydrogen-bond acceptors (Lipinski definition) is 4. The lowest BCUT2D eigenvalue weighted by molar-refractivity contribution is 0.0858. The third kappa shape index (κ3) is 1.31. The first-order valence-corrected chi connectivity index (χ1v) is 7.36. The lowest BCUT2D eigenvalue weighted by Crippen LogP contribution is -2.48. The number of fused-ring (bicyclic) bond motifs is 5. The van der Waals surface area contributed by atoms with E-state index in [1.54, 1.807) is 30.5 Å². The number of dihydropyridines is 1. The fraction of sp³-hybridized carbons (Fsp3) is 0.0526. The monoisotopic (exact) mass is 298 g/mol. The van der Waals surface area contributed by atoms with Gasteiger partial charge in [-0.25, -0.2) is 4.99 Å². The summed E-state index contributed by atoms with van der Waals surface area (Å²) in [4.78, 5) is 35.0. The van der Waals surface area contributed by atoms with Gasteiger partial charge in [0.25, 0.3) is 0 Å². The number of para-hydroxylation sites is 1. The fourth-order valence-electron chi connectivity index (χ4n) is 3.54. The molecule has 0 fully saturated rings. The summed E-state index contributed by atoms with van der Waals surface area (Å²) in [5, 5.41) is 0. The van der Waals surface area contributed by atoms with Crippen LogP contribution in [0.1, 0.15) is 26.3 Å². The van der Waals surface area contributed by atoms with Crippen molar-refractivity contribution < 1.29 is 9.59 Å². The normalized spacial score (nSPS) is 19.3. The van der Waals surface area contributed by atoms with Crippen molar-refractivity contribution in [2.45, 2.75) is 5.54 Å². The molecular formula is C19H10N2O2. The first kappa shape index (κ1) is 12.4. The number of ketones is 2. The van der Waals surface area contributed by atoms with Crippen molar-refractivity contribution >= 4 is 34.8 Å². The number of hydrogen-bond donors (Lipinski definition) is 0. The SMILES string of the molecule is O=C1c2ccccc2C(=O)C12N=CC=C1C2=Nc2ccccc21. The highest BCUT2D eigenvalue weighted by Crippen LogP contribution is 2.45. The van der Waals surface area contributed by atoms with Crippen LogP contribution in [0, 0.1) is 0 Å². The Kier molecular flexibility index (Phi) is 2.15. The van der Waals surface area contributed by atoms with E-state index >= 15 is 0 Å². The van der Waals surface area contributed by atoms with Gasteiger partial charge >= 0.3 is 0 Å². The van der Waals surface area contributed by atoms with Gasteiger partial charge in [-0.3, -0.25) is 14.6 Å². The standard InChI is InChI=1S/C19H10N2O2/c22-17-13-6-1-2-7-14(13)18(23)19(17)16-12(9-10-20-19)11-5-3-4-8-15(11)21-16/h1-10H. The Labute approximate surface area is 131 Å². The van der Waals surface area contributed by atoms with Gasteiger partial charge in [-0.15, -0.1) is 0 Å². The molecule has 0 amide bonds. The molecule has 2 aromatic carbocycles. The Bertz CT molecular complexity index is 977. The van der Waals surface area contributed by atoms with Crippen molar-refractivity contribution in [3.05, 3.63) is 71.3 Å². The predicted molar refractivity (Wildman–Crippen MR) is 87.8 cm³/mol. The summed E-state index contributed by atoms with van der Waals surface area (Å²) >= 11 is 0. The molecule has 2 aliphatic heterocycles. The number of allylic oxidation sites excluding steroid dienone is 1. The molecule has 0 aromatic heterocycles. The van der Waals surface area contributed by atoms with E-state index in [1.807, 2.05) is 30.3 Å². The largest absolute Gasteiger partial charge is 0.290 e. The minimum absolute atomic E-state index is 0.286. The second-order valence-electron chi connectivity index (χ2n) is 5.75. The van der Waals surface area contributed by atoms with E-state index < -0.39 is 5.54 Å². The summed E-state index contributed by atoms with van der Waals surface area (Å²) in [6.45, 7) is 0. The molecule has 0 N–H and O–H groups in total. The van der Waals surface area contributed by atoms with Crippen molar-refractivity contribution in [1.29, 1.82) is 0 Å². The third-order valence-corrected chi connectivity index (χ3v) is 4.61. The molecule has 0 radical (unpaired) electrons. The van der Waals surface area contributed by atoms with Gasteiger partial charge in [0.1, 0.15) is 0 Å². The third-order valence-electron chi connectivity index (χ3n) is 4.61. The molecule has 4 nitrogen and oxygen atoms in total. The van der Waals surface area contributed by atoms with Gasteiger partial charge in [-0.2, -0.15) is 0 Å². The molecule has 3 aliphatic rings. The first-order valence-electron chi connectivity index (χ1n) is 7.36. The molecule has 2 aromatic rings. The molecule has 1 aliphatic carbocycles. The van der Waals surface area contributed by atoms with E-state index in [0.717, 1.165) is 16.8 Å². The molecule has 1 spiro atoms. The van der Waals surface area contributed by atoms with Crippen molar-refractivity contribution in [3.63, 3.8) is 0 Å². The molecule has 23 heavy (non-hydrogen) atoms. The second-order valence-corrected chi connectivity index (χ2v) is 5.75. The zero-order valence-electron chi connectivity index (χ0n) is 12.0. The van der Waals surface area contributed by atoms with Crippen LogP contribution in [0.3, 0.4) is 0 Å². The lowest BCUT2D eigenvalue weighted by Gasteiger charge is -2.24. The van der Waals surface area contributed by atoms with Crippen LogP contribution >= 0.6 is 0 Å². The van der Waals surface area contributed by atoms with Crippen LogP contribution in [0.5, 0.6) is 0 Å². The quantitative estimate of drug-likeness (QED) is 0.702. The van der Waals surface area contributed by atoms with Crippen LogP contribution in [0.2, 0.25) is 0 Å². The molecule has 0 bridgehead atoms. The van der Waals surface area contributed by atoms with Crippen LogP contribution in [0.4, 0.5) is 5.69 Å². The van der Waals surface area contributed by atoms with Crippen LogP contribution in [0.25, 0.3) is 5.57 Å². The van der Waals surface area contributed by atoms with Crippen molar-refractivity contribution in [2.24, 2.45) is 9.98 Å². The average molecular weight is 298 g/mol. The van der Waals surface area contributed by atoms with Gasteiger partial charge in [-0.05, 0) is 12.1 Å². The van der Waals surface area contributed by atoms with E-state index in [1.165, 1.54) is 0 Å². The van der Waals surface area contributed by atoms with E-state index in [9.17, 15) is 9.59 Å². The summed E-state index contributed by atoms with van der Waals surface area (Å²) in [5.74, 6) is -0.571. The van der Waals surface area contributed by atoms with Crippen molar-refractivity contribution in [1.82, 2.24) is 0 Å². The number of aliphatic imine (C=N–C) groups is 2. The van der Waals surface area contributed by atoms with E-state index in [0.29, 0.717) is 16.8 Å². The van der Waals surface area contributed by atoms with Crippen LogP contribution in [-0.4, -0.2) is 29.0 Å². The fourth-order valence-corrected chi connectivity index (χ4v) is 3.54. The van der Waals surface area contributed by atoms with Gasteiger partial charge in [-0.1, -0.05) is 42.5 Å². The Balaban J connectivity index is 1.79. The average Bonchev–Trinajstić information content (AvgIpc) is 3.07. The van der Waals surface area contributed by atoms with Crippen molar-refractivity contribution in [2.75, 3.05) is 0 Å². The summed E-state index contributed by atoms with van der Waals surface area (Å²) in [6.07, 6.45) is 3.37. The van der Waals surface area contributed by atoms with Gasteiger partial charge < -0.3 is 0 Å². The van der Waals surface area contributed by atoms with Gasteiger partial charge in [0.15, 0.2) is 0 Å². The highest BCUT2D eigenvalue weighted by molar-refractivity contribution is 6.55. The molecule has 4 heteroatoms. The Morgan fingerprint density at radius 1 is 0.783 bits per heavy atom. The minimum Gasteiger partial charge on any atom is -0.290 e. The Hall–Kier alpha value is -3.14. The van der Waals surface area contributed by atoms with Crippen LogP contribution in [-0.2, 0) is 0 Å². The molecule has 0 saturated carbocycles. The molecule has 0 unspecified atom stereocenters. The maximum Gasteiger partial charge on any atom is 0.228 e. The highest BCUT2D eigenvalue weighted by atomic mass is 16.2. The predicted octanol–water partition coefficient (Wildman–Crippen LogP) is 3.06. The van der Waals surface area contributed by atoms with E-state index in [4.69, 9.17) is 0 Å². The van der Waals surface area contributed by atoms with Crippen LogP contribution in [0.15, 0.2) is 64.6 Å². The Morgan fingerprint density at radius 3 is 2.09 bits per heavy atom. The topological polar surface area (TPSA) is 58.9 Å². The van der Waals surface area contributed by atoms with Gasteiger partial charge in [0, 0.05) is 28.5 Å². The number of nitrogens with zero attached hydrogens (tertiary/aromatic N) is 2. The molecule has 0 saturated heterocycles. The summed E-state index contributed by atoms with van der Waals surface area (Å²) in [6, 6.07) is 14.5. The first-order chi connectivity index (χ1) is 11.2. The Morgan fingerprint density at radius 2 is 1.39 bits per heavy atom. The maximum atomic E-state index is 13.0. The molecule has 0 atom stereocenters. The van der Waals surface area contributed by atoms with Gasteiger partial charge in [0.05, 0.1) is 11.4 Å². The molecular weight excluding hydrogens is 288 g/mol.